The molecule has 94 valence electrons. The first-order chi connectivity index (χ1) is 8.58. The molecule has 0 aliphatic heterocycles. The fourth-order valence-electron chi connectivity index (χ4n) is 1.87. The lowest BCUT2D eigenvalue weighted by Gasteiger charge is -2.13. The van der Waals surface area contributed by atoms with E-state index >= 15 is 0 Å². The van der Waals surface area contributed by atoms with Gasteiger partial charge in [0.25, 0.3) is 5.91 Å². The molecule has 0 aliphatic carbocycles. The second-order valence-corrected chi connectivity index (χ2v) is 4.30. The first-order valence-electron chi connectivity index (χ1n) is 5.85. The van der Waals surface area contributed by atoms with Gasteiger partial charge in [0.2, 0.25) is 0 Å². The van der Waals surface area contributed by atoms with Crippen molar-refractivity contribution in [3.05, 3.63) is 53.2 Å². The second-order valence-electron chi connectivity index (χ2n) is 4.30. The van der Waals surface area contributed by atoms with Crippen molar-refractivity contribution in [1.29, 1.82) is 0 Å². The number of aromatic nitrogens is 1. The van der Waals surface area contributed by atoms with Crippen molar-refractivity contribution in [1.82, 2.24) is 10.3 Å². The molecule has 2 aromatic rings. The number of furan rings is 1. The van der Waals surface area contributed by atoms with Crippen LogP contribution in [-0.2, 0) is 0 Å². The molecule has 0 saturated heterocycles. The molecule has 1 amide bonds. The molecule has 2 aromatic heterocycles. The average Bonchev–Trinajstić information content (AvgIpc) is 2.69. The van der Waals surface area contributed by atoms with Crippen LogP contribution >= 0.6 is 0 Å². The van der Waals surface area contributed by atoms with Crippen LogP contribution in [0.1, 0.15) is 40.4 Å². The van der Waals surface area contributed by atoms with Gasteiger partial charge in [0, 0.05) is 12.4 Å². The van der Waals surface area contributed by atoms with Crippen molar-refractivity contribution >= 4 is 5.91 Å². The summed E-state index contributed by atoms with van der Waals surface area (Å²) in [5, 5.41) is 2.94. The van der Waals surface area contributed by atoms with Crippen molar-refractivity contribution in [2.75, 3.05) is 0 Å². The highest BCUT2D eigenvalue weighted by atomic mass is 16.3. The normalized spacial score (nSPS) is 12.2. The van der Waals surface area contributed by atoms with E-state index in [1.165, 1.54) is 0 Å². The molecule has 2 heterocycles. The SMILES string of the molecule is Cc1cc(C(=O)NC(C)c2ccncc2)c(C)o1. The van der Waals surface area contributed by atoms with Crippen LogP contribution in [0.2, 0.25) is 0 Å². The minimum Gasteiger partial charge on any atom is -0.466 e. The summed E-state index contributed by atoms with van der Waals surface area (Å²) in [6, 6.07) is 5.47. The Kier molecular flexibility index (Phi) is 3.46. The summed E-state index contributed by atoms with van der Waals surface area (Å²) in [6.45, 7) is 5.56. The predicted molar refractivity (Wildman–Crippen MR) is 68.3 cm³/mol. The van der Waals surface area contributed by atoms with E-state index in [1.807, 2.05) is 26.0 Å². The Labute approximate surface area is 106 Å². The molecule has 0 aromatic carbocycles. The maximum absolute atomic E-state index is 12.1. The maximum Gasteiger partial charge on any atom is 0.255 e. The summed E-state index contributed by atoms with van der Waals surface area (Å²) in [7, 11) is 0. The Morgan fingerprint density at radius 1 is 1.33 bits per heavy atom. The van der Waals surface area contributed by atoms with E-state index in [2.05, 4.69) is 10.3 Å². The van der Waals surface area contributed by atoms with Gasteiger partial charge in [-0.05, 0) is 44.5 Å². The fraction of sp³-hybridized carbons (Fsp3) is 0.286. The zero-order valence-corrected chi connectivity index (χ0v) is 10.7. The number of nitrogens with one attached hydrogen (secondary N) is 1. The summed E-state index contributed by atoms with van der Waals surface area (Å²) < 4.78 is 5.35. The minimum absolute atomic E-state index is 0.0601. The van der Waals surface area contributed by atoms with Gasteiger partial charge in [-0.25, -0.2) is 0 Å². The first-order valence-corrected chi connectivity index (χ1v) is 5.85. The van der Waals surface area contributed by atoms with Gasteiger partial charge in [-0.2, -0.15) is 0 Å². The third-order valence-corrected chi connectivity index (χ3v) is 2.84. The molecule has 1 N–H and O–H groups in total. The monoisotopic (exact) mass is 244 g/mol. The lowest BCUT2D eigenvalue weighted by Crippen LogP contribution is -2.26. The van der Waals surface area contributed by atoms with Crippen molar-refractivity contribution in [2.45, 2.75) is 26.8 Å². The Morgan fingerprint density at radius 3 is 2.56 bits per heavy atom. The molecule has 1 atom stereocenters. The number of nitrogens with zero attached hydrogens (tertiary/aromatic N) is 1. The van der Waals surface area contributed by atoms with E-state index in [-0.39, 0.29) is 11.9 Å². The van der Waals surface area contributed by atoms with Crippen LogP contribution in [0.5, 0.6) is 0 Å². The zero-order valence-electron chi connectivity index (χ0n) is 10.7. The van der Waals surface area contributed by atoms with Crippen LogP contribution in [0.4, 0.5) is 0 Å². The number of hydrogen-bond acceptors (Lipinski definition) is 3. The van der Waals surface area contributed by atoms with Gasteiger partial charge in [-0.1, -0.05) is 0 Å². The largest absolute Gasteiger partial charge is 0.466 e. The molecule has 0 spiro atoms. The molecule has 0 bridgehead atoms. The zero-order chi connectivity index (χ0) is 13.1. The number of carbonyl (C=O) groups is 1. The van der Waals surface area contributed by atoms with E-state index in [0.29, 0.717) is 11.3 Å². The summed E-state index contributed by atoms with van der Waals surface area (Å²) in [4.78, 5) is 16.0. The van der Waals surface area contributed by atoms with Crippen LogP contribution in [0.25, 0.3) is 0 Å². The summed E-state index contributed by atoms with van der Waals surface area (Å²) in [5.41, 5.74) is 1.62. The van der Waals surface area contributed by atoms with Gasteiger partial charge in [0.05, 0.1) is 11.6 Å². The number of amides is 1. The first kappa shape index (κ1) is 12.4. The van der Waals surface area contributed by atoms with Crippen LogP contribution in [0.3, 0.4) is 0 Å². The topological polar surface area (TPSA) is 55.1 Å². The number of pyridine rings is 1. The van der Waals surface area contributed by atoms with E-state index in [4.69, 9.17) is 4.42 Å². The fourth-order valence-corrected chi connectivity index (χ4v) is 1.87. The van der Waals surface area contributed by atoms with Gasteiger partial charge < -0.3 is 9.73 Å². The number of carbonyl (C=O) groups excluding carboxylic acids is 1. The molecule has 0 radical (unpaired) electrons. The average molecular weight is 244 g/mol. The van der Waals surface area contributed by atoms with Gasteiger partial charge in [-0.3, -0.25) is 9.78 Å². The standard InChI is InChI=1S/C14H16N2O2/c1-9-8-13(11(3)18-9)14(17)16-10(2)12-4-6-15-7-5-12/h4-8,10H,1-3H3,(H,16,17). The van der Waals surface area contributed by atoms with Crippen LogP contribution in [0, 0.1) is 13.8 Å². The molecule has 4 nitrogen and oxygen atoms in total. The maximum atomic E-state index is 12.1. The molecular weight excluding hydrogens is 228 g/mol. The van der Waals surface area contributed by atoms with Crippen molar-refractivity contribution < 1.29 is 9.21 Å². The van der Waals surface area contributed by atoms with Crippen molar-refractivity contribution in [3.8, 4) is 0 Å². The van der Waals surface area contributed by atoms with E-state index in [1.54, 1.807) is 25.4 Å². The van der Waals surface area contributed by atoms with Crippen LogP contribution < -0.4 is 5.32 Å². The highest BCUT2D eigenvalue weighted by Crippen LogP contribution is 2.16. The predicted octanol–water partition coefficient (Wildman–Crippen LogP) is 2.78. The van der Waals surface area contributed by atoms with Crippen LogP contribution in [0.15, 0.2) is 35.0 Å². The second kappa shape index (κ2) is 5.04. The smallest absolute Gasteiger partial charge is 0.255 e. The van der Waals surface area contributed by atoms with E-state index in [9.17, 15) is 4.79 Å². The van der Waals surface area contributed by atoms with Gasteiger partial charge in [0.1, 0.15) is 11.5 Å². The summed E-state index contributed by atoms with van der Waals surface area (Å²) >= 11 is 0. The molecule has 0 fully saturated rings. The van der Waals surface area contributed by atoms with Crippen molar-refractivity contribution in [3.63, 3.8) is 0 Å². The molecule has 0 aliphatic rings. The molecule has 2 rings (SSSR count). The number of hydrogen-bond donors (Lipinski definition) is 1. The van der Waals surface area contributed by atoms with Gasteiger partial charge >= 0.3 is 0 Å². The Morgan fingerprint density at radius 2 is 2.00 bits per heavy atom. The highest BCUT2D eigenvalue weighted by molar-refractivity contribution is 5.95. The molecule has 4 heteroatoms. The lowest BCUT2D eigenvalue weighted by atomic mass is 10.1. The van der Waals surface area contributed by atoms with Crippen molar-refractivity contribution in [2.24, 2.45) is 0 Å². The molecule has 18 heavy (non-hydrogen) atoms. The molecule has 1 unspecified atom stereocenters. The Bertz CT molecular complexity index is 546. The third-order valence-electron chi connectivity index (χ3n) is 2.84. The summed E-state index contributed by atoms with van der Waals surface area (Å²) in [6.07, 6.45) is 3.43. The lowest BCUT2D eigenvalue weighted by molar-refractivity contribution is 0.0938. The Balaban J connectivity index is 2.10. The Hall–Kier alpha value is -2.10. The quantitative estimate of drug-likeness (QED) is 0.903. The minimum atomic E-state index is -0.117. The van der Waals surface area contributed by atoms with E-state index < -0.39 is 0 Å². The van der Waals surface area contributed by atoms with Gasteiger partial charge in [0.15, 0.2) is 0 Å². The third kappa shape index (κ3) is 2.59. The number of aryl methyl sites for hydroxylation is 2. The van der Waals surface area contributed by atoms with Gasteiger partial charge in [-0.15, -0.1) is 0 Å². The molecule has 0 saturated carbocycles. The molecular formula is C14H16N2O2. The van der Waals surface area contributed by atoms with Crippen LogP contribution in [-0.4, -0.2) is 10.9 Å². The van der Waals surface area contributed by atoms with E-state index in [0.717, 1.165) is 11.3 Å². The highest BCUT2D eigenvalue weighted by Gasteiger charge is 2.16. The number of rotatable bonds is 3. The summed E-state index contributed by atoms with van der Waals surface area (Å²) in [5.74, 6) is 1.27.